The lowest BCUT2D eigenvalue weighted by Crippen LogP contribution is -2.49. The maximum Gasteiger partial charge on any atom is 0.246 e. The summed E-state index contributed by atoms with van der Waals surface area (Å²) in [4.78, 5) is 24.8. The van der Waals surface area contributed by atoms with Crippen molar-refractivity contribution in [1.82, 2.24) is 15.5 Å². The molecule has 0 aromatic heterocycles. The Kier molecular flexibility index (Phi) is 7.31. The molecule has 1 saturated heterocycles. The van der Waals surface area contributed by atoms with Crippen molar-refractivity contribution in [2.75, 3.05) is 59.7 Å². The van der Waals surface area contributed by atoms with Gasteiger partial charge in [0.1, 0.15) is 6.61 Å². The Balaban J connectivity index is 2.07. The van der Waals surface area contributed by atoms with E-state index in [0.29, 0.717) is 26.3 Å². The summed E-state index contributed by atoms with van der Waals surface area (Å²) in [5.74, 6) is -0.337. The fraction of sp³-hybridized carbons (Fsp3) is 0.818. The number of nitrogens with zero attached hydrogens (tertiary/aromatic N) is 1. The Morgan fingerprint density at radius 2 is 2.00 bits per heavy atom. The topological polar surface area (TPSA) is 79.9 Å². The Labute approximate surface area is 107 Å². The highest BCUT2D eigenvalue weighted by Crippen LogP contribution is 1.92. The molecule has 0 bridgehead atoms. The van der Waals surface area contributed by atoms with Crippen molar-refractivity contribution in [2.45, 2.75) is 0 Å². The van der Waals surface area contributed by atoms with Gasteiger partial charge in [0, 0.05) is 33.3 Å². The molecule has 1 fully saturated rings. The van der Waals surface area contributed by atoms with E-state index >= 15 is 0 Å². The normalized spacial score (nSPS) is 15.5. The van der Waals surface area contributed by atoms with Crippen molar-refractivity contribution in [2.24, 2.45) is 0 Å². The molecule has 0 unspecified atom stereocenters. The van der Waals surface area contributed by atoms with Crippen molar-refractivity contribution in [3.63, 3.8) is 0 Å². The van der Waals surface area contributed by atoms with Gasteiger partial charge in [-0.25, -0.2) is 0 Å². The van der Waals surface area contributed by atoms with Crippen LogP contribution in [0.3, 0.4) is 0 Å². The van der Waals surface area contributed by atoms with Crippen molar-refractivity contribution in [3.05, 3.63) is 0 Å². The van der Waals surface area contributed by atoms with Gasteiger partial charge in [-0.15, -0.1) is 0 Å². The molecular weight excluding hydrogens is 238 g/mol. The van der Waals surface area contributed by atoms with Crippen LogP contribution in [0.4, 0.5) is 0 Å². The minimum atomic E-state index is -0.283. The number of rotatable bonds is 7. The fourth-order valence-corrected chi connectivity index (χ4v) is 1.56. The highest BCUT2D eigenvalue weighted by Gasteiger charge is 2.16. The Bertz CT molecular complexity index is 267. The summed E-state index contributed by atoms with van der Waals surface area (Å²) in [6.07, 6.45) is 0. The third-order valence-corrected chi connectivity index (χ3v) is 2.57. The van der Waals surface area contributed by atoms with Crippen molar-refractivity contribution in [1.29, 1.82) is 0 Å². The monoisotopic (exact) mass is 259 g/mol. The number of carbonyl (C=O) groups excluding carboxylic acids is 2. The van der Waals surface area contributed by atoms with Crippen LogP contribution >= 0.6 is 0 Å². The zero-order valence-electron chi connectivity index (χ0n) is 10.7. The van der Waals surface area contributed by atoms with E-state index in [9.17, 15) is 9.59 Å². The van der Waals surface area contributed by atoms with Crippen molar-refractivity contribution in [3.8, 4) is 0 Å². The second kappa shape index (κ2) is 8.84. The van der Waals surface area contributed by atoms with Crippen LogP contribution in [0.1, 0.15) is 0 Å². The van der Waals surface area contributed by atoms with Crippen molar-refractivity contribution >= 4 is 11.8 Å². The van der Waals surface area contributed by atoms with Gasteiger partial charge < -0.3 is 25.0 Å². The van der Waals surface area contributed by atoms with Gasteiger partial charge in [0.25, 0.3) is 0 Å². The minimum absolute atomic E-state index is 0.0342. The molecule has 0 saturated carbocycles. The van der Waals surface area contributed by atoms with E-state index in [1.165, 1.54) is 0 Å². The van der Waals surface area contributed by atoms with Gasteiger partial charge in [0.05, 0.1) is 19.8 Å². The van der Waals surface area contributed by atoms with Crippen LogP contribution in [0.2, 0.25) is 0 Å². The SMILES string of the molecule is COCCOCC(=O)NCC(=O)N1CCNCC1. The summed E-state index contributed by atoms with van der Waals surface area (Å²) in [5.41, 5.74) is 0. The fourth-order valence-electron chi connectivity index (χ4n) is 1.56. The molecule has 1 aliphatic rings. The first kappa shape index (κ1) is 14.9. The van der Waals surface area contributed by atoms with Crippen LogP contribution in [0, 0.1) is 0 Å². The molecule has 104 valence electrons. The standard InChI is InChI=1S/C11H21N3O4/c1-17-6-7-18-9-10(15)13-8-11(16)14-4-2-12-3-5-14/h12H,2-9H2,1H3,(H,13,15). The molecule has 7 heteroatoms. The largest absolute Gasteiger partial charge is 0.382 e. The summed E-state index contributed by atoms with van der Waals surface area (Å²) in [7, 11) is 1.57. The van der Waals surface area contributed by atoms with Gasteiger partial charge in [0.15, 0.2) is 0 Å². The maximum atomic E-state index is 11.7. The van der Waals surface area contributed by atoms with Crippen LogP contribution in [0.25, 0.3) is 0 Å². The van der Waals surface area contributed by atoms with E-state index in [4.69, 9.17) is 9.47 Å². The number of amides is 2. The predicted octanol–water partition coefficient (Wildman–Crippen LogP) is -1.80. The van der Waals surface area contributed by atoms with Gasteiger partial charge >= 0.3 is 0 Å². The first-order chi connectivity index (χ1) is 8.74. The summed E-state index contributed by atoms with van der Waals surface area (Å²) in [6.45, 7) is 3.81. The highest BCUT2D eigenvalue weighted by atomic mass is 16.5. The Morgan fingerprint density at radius 1 is 1.28 bits per heavy atom. The third kappa shape index (κ3) is 5.95. The molecule has 0 atom stereocenters. The minimum Gasteiger partial charge on any atom is -0.382 e. The third-order valence-electron chi connectivity index (χ3n) is 2.57. The molecule has 0 aromatic rings. The second-order valence-corrected chi connectivity index (χ2v) is 3.95. The zero-order valence-corrected chi connectivity index (χ0v) is 10.7. The van der Waals surface area contributed by atoms with E-state index in [1.54, 1.807) is 12.0 Å². The average molecular weight is 259 g/mol. The first-order valence-electron chi connectivity index (χ1n) is 6.06. The van der Waals surface area contributed by atoms with E-state index < -0.39 is 0 Å². The molecule has 2 N–H and O–H groups in total. The molecule has 1 aliphatic heterocycles. The number of hydrogen-bond donors (Lipinski definition) is 2. The summed E-state index contributed by atoms with van der Waals surface area (Å²) < 4.78 is 9.82. The van der Waals surface area contributed by atoms with E-state index in [1.807, 2.05) is 0 Å². The number of hydrogen-bond acceptors (Lipinski definition) is 5. The number of carbonyl (C=O) groups is 2. The van der Waals surface area contributed by atoms with Crippen LogP contribution in [-0.4, -0.2) is 76.4 Å². The molecule has 1 heterocycles. The van der Waals surface area contributed by atoms with Gasteiger partial charge in [-0.2, -0.15) is 0 Å². The first-order valence-corrected chi connectivity index (χ1v) is 6.06. The van der Waals surface area contributed by atoms with Crippen LogP contribution in [-0.2, 0) is 19.1 Å². The van der Waals surface area contributed by atoms with Gasteiger partial charge in [0.2, 0.25) is 11.8 Å². The zero-order chi connectivity index (χ0) is 13.2. The van der Waals surface area contributed by atoms with E-state index in [-0.39, 0.29) is 25.0 Å². The smallest absolute Gasteiger partial charge is 0.246 e. The number of ether oxygens (including phenoxy) is 2. The Hall–Kier alpha value is -1.18. The van der Waals surface area contributed by atoms with Crippen molar-refractivity contribution < 1.29 is 19.1 Å². The number of methoxy groups -OCH3 is 1. The molecular formula is C11H21N3O4. The Morgan fingerprint density at radius 3 is 2.67 bits per heavy atom. The van der Waals surface area contributed by atoms with E-state index in [2.05, 4.69) is 10.6 Å². The molecule has 1 rings (SSSR count). The molecule has 0 aliphatic carbocycles. The van der Waals surface area contributed by atoms with Gasteiger partial charge in [-0.1, -0.05) is 0 Å². The maximum absolute atomic E-state index is 11.7. The molecule has 18 heavy (non-hydrogen) atoms. The average Bonchev–Trinajstić information content (AvgIpc) is 2.42. The molecule has 7 nitrogen and oxygen atoms in total. The lowest BCUT2D eigenvalue weighted by molar-refractivity contribution is -0.134. The molecule has 2 amide bonds. The summed E-state index contributed by atoms with van der Waals surface area (Å²) in [5, 5.41) is 5.70. The second-order valence-electron chi connectivity index (χ2n) is 3.95. The van der Waals surface area contributed by atoms with Crippen LogP contribution in [0.5, 0.6) is 0 Å². The van der Waals surface area contributed by atoms with E-state index in [0.717, 1.165) is 13.1 Å². The number of piperazine rings is 1. The van der Waals surface area contributed by atoms with Crippen LogP contribution < -0.4 is 10.6 Å². The lowest BCUT2D eigenvalue weighted by Gasteiger charge is -2.27. The predicted molar refractivity (Wildman–Crippen MR) is 65.2 cm³/mol. The molecule has 0 aromatic carbocycles. The van der Waals surface area contributed by atoms with Gasteiger partial charge in [-0.05, 0) is 0 Å². The number of nitrogens with one attached hydrogen (secondary N) is 2. The lowest BCUT2D eigenvalue weighted by atomic mass is 10.3. The molecule has 0 radical (unpaired) electrons. The highest BCUT2D eigenvalue weighted by molar-refractivity contribution is 5.85. The quantitative estimate of drug-likeness (QED) is 0.527. The summed E-state index contributed by atoms with van der Waals surface area (Å²) >= 11 is 0. The molecule has 0 spiro atoms. The summed E-state index contributed by atoms with van der Waals surface area (Å²) in [6, 6.07) is 0. The van der Waals surface area contributed by atoms with Crippen LogP contribution in [0.15, 0.2) is 0 Å². The van der Waals surface area contributed by atoms with Gasteiger partial charge in [-0.3, -0.25) is 9.59 Å².